The zero-order valence-electron chi connectivity index (χ0n) is 9.63. The van der Waals surface area contributed by atoms with Crippen LogP contribution in [0.15, 0.2) is 0 Å². The normalized spacial score (nSPS) is 35.6. The van der Waals surface area contributed by atoms with Crippen LogP contribution in [0.3, 0.4) is 0 Å². The molecule has 2 aliphatic rings. The van der Waals surface area contributed by atoms with Crippen LogP contribution in [-0.4, -0.2) is 37.6 Å². The first-order valence-corrected chi connectivity index (χ1v) is 6.18. The highest BCUT2D eigenvalue weighted by molar-refractivity contribution is 4.87. The lowest BCUT2D eigenvalue weighted by atomic mass is 9.83. The van der Waals surface area contributed by atoms with Gasteiger partial charge in [0, 0.05) is 19.1 Å². The van der Waals surface area contributed by atoms with Gasteiger partial charge in [-0.15, -0.1) is 0 Å². The highest BCUT2D eigenvalue weighted by Gasteiger charge is 2.32. The summed E-state index contributed by atoms with van der Waals surface area (Å²) in [5.41, 5.74) is 0. The molecule has 1 N–H and O–H groups in total. The fourth-order valence-electron chi connectivity index (χ4n) is 3.11. The average Bonchev–Trinajstić information content (AvgIpc) is 2.14. The van der Waals surface area contributed by atoms with Crippen molar-refractivity contribution in [1.29, 1.82) is 0 Å². The van der Waals surface area contributed by atoms with Crippen LogP contribution in [0.2, 0.25) is 0 Å². The zero-order valence-corrected chi connectivity index (χ0v) is 9.63. The third-order valence-corrected chi connectivity index (χ3v) is 3.86. The van der Waals surface area contributed by atoms with Gasteiger partial charge in [-0.3, -0.25) is 4.90 Å². The van der Waals surface area contributed by atoms with E-state index in [-0.39, 0.29) is 0 Å². The van der Waals surface area contributed by atoms with Gasteiger partial charge in [0.1, 0.15) is 0 Å². The van der Waals surface area contributed by atoms with Crippen molar-refractivity contribution < 1.29 is 0 Å². The Bertz CT molecular complexity index is 171. The Morgan fingerprint density at radius 1 is 1.29 bits per heavy atom. The standard InChI is InChI=1S/C12H24N2/c1-10-8-14(9-10)12-5-3-4-11(6-12)7-13-2/h10-13H,3-9H2,1-2H3. The molecule has 1 saturated carbocycles. The van der Waals surface area contributed by atoms with Crippen molar-refractivity contribution in [3.8, 4) is 0 Å². The lowest BCUT2D eigenvalue weighted by molar-refractivity contribution is 0.0321. The molecule has 0 aromatic carbocycles. The molecule has 0 bridgehead atoms. The maximum absolute atomic E-state index is 3.32. The molecule has 2 atom stereocenters. The molecule has 2 unspecified atom stereocenters. The second-order valence-electron chi connectivity index (χ2n) is 5.30. The highest BCUT2D eigenvalue weighted by atomic mass is 15.2. The topological polar surface area (TPSA) is 15.3 Å². The number of hydrogen-bond acceptors (Lipinski definition) is 2. The molecule has 0 amide bonds. The van der Waals surface area contributed by atoms with Crippen molar-refractivity contribution in [3.63, 3.8) is 0 Å². The fraction of sp³-hybridized carbons (Fsp3) is 1.00. The highest BCUT2D eigenvalue weighted by Crippen LogP contribution is 2.31. The molecule has 2 heteroatoms. The summed E-state index contributed by atoms with van der Waals surface area (Å²) in [5.74, 6) is 1.90. The molecule has 1 aliphatic carbocycles. The van der Waals surface area contributed by atoms with Gasteiger partial charge in [0.05, 0.1) is 0 Å². The molecular formula is C12H24N2. The molecule has 1 saturated heterocycles. The van der Waals surface area contributed by atoms with Gasteiger partial charge in [-0.1, -0.05) is 13.3 Å². The molecular weight excluding hydrogens is 172 g/mol. The Labute approximate surface area is 88.1 Å². The summed E-state index contributed by atoms with van der Waals surface area (Å²) >= 11 is 0. The molecule has 0 aromatic rings. The summed E-state index contributed by atoms with van der Waals surface area (Å²) in [7, 11) is 2.08. The number of hydrogen-bond donors (Lipinski definition) is 1. The van der Waals surface area contributed by atoms with Gasteiger partial charge in [0.15, 0.2) is 0 Å². The lowest BCUT2D eigenvalue weighted by Crippen LogP contribution is -2.52. The molecule has 0 spiro atoms. The van der Waals surface area contributed by atoms with E-state index in [0.29, 0.717) is 0 Å². The van der Waals surface area contributed by atoms with Crippen molar-refractivity contribution in [3.05, 3.63) is 0 Å². The molecule has 2 rings (SSSR count). The molecule has 0 aromatic heterocycles. The first-order valence-electron chi connectivity index (χ1n) is 6.18. The Balaban J connectivity index is 1.76. The molecule has 1 heterocycles. The van der Waals surface area contributed by atoms with Crippen LogP contribution in [-0.2, 0) is 0 Å². The van der Waals surface area contributed by atoms with Gasteiger partial charge in [-0.05, 0) is 44.7 Å². The SMILES string of the molecule is CNCC1CCCC(N2CC(C)C2)C1. The summed E-state index contributed by atoms with van der Waals surface area (Å²) in [6.07, 6.45) is 5.78. The van der Waals surface area contributed by atoms with E-state index in [1.807, 2.05) is 0 Å². The predicted molar refractivity (Wildman–Crippen MR) is 60.4 cm³/mol. The molecule has 14 heavy (non-hydrogen) atoms. The monoisotopic (exact) mass is 196 g/mol. The van der Waals surface area contributed by atoms with Crippen LogP contribution in [0.1, 0.15) is 32.6 Å². The predicted octanol–water partition coefficient (Wildman–Crippen LogP) is 1.72. The van der Waals surface area contributed by atoms with Crippen LogP contribution in [0.4, 0.5) is 0 Å². The van der Waals surface area contributed by atoms with E-state index in [1.165, 1.54) is 45.3 Å². The van der Waals surface area contributed by atoms with Gasteiger partial charge in [-0.2, -0.15) is 0 Å². The van der Waals surface area contributed by atoms with Crippen molar-refractivity contribution >= 4 is 0 Å². The molecule has 1 aliphatic heterocycles. The van der Waals surface area contributed by atoms with E-state index >= 15 is 0 Å². The Morgan fingerprint density at radius 2 is 2.07 bits per heavy atom. The molecule has 2 fully saturated rings. The van der Waals surface area contributed by atoms with E-state index in [1.54, 1.807) is 0 Å². The Morgan fingerprint density at radius 3 is 2.71 bits per heavy atom. The van der Waals surface area contributed by atoms with E-state index in [0.717, 1.165) is 17.9 Å². The van der Waals surface area contributed by atoms with Crippen LogP contribution in [0.25, 0.3) is 0 Å². The minimum Gasteiger partial charge on any atom is -0.319 e. The van der Waals surface area contributed by atoms with E-state index < -0.39 is 0 Å². The Kier molecular flexibility index (Phi) is 3.45. The second-order valence-corrected chi connectivity index (χ2v) is 5.30. The van der Waals surface area contributed by atoms with Gasteiger partial charge in [0.2, 0.25) is 0 Å². The summed E-state index contributed by atoms with van der Waals surface area (Å²) < 4.78 is 0. The van der Waals surface area contributed by atoms with Gasteiger partial charge in [-0.25, -0.2) is 0 Å². The van der Waals surface area contributed by atoms with Gasteiger partial charge >= 0.3 is 0 Å². The smallest absolute Gasteiger partial charge is 0.00986 e. The van der Waals surface area contributed by atoms with Crippen LogP contribution >= 0.6 is 0 Å². The third kappa shape index (κ3) is 2.29. The molecule has 2 nitrogen and oxygen atoms in total. The second kappa shape index (κ2) is 4.63. The van der Waals surface area contributed by atoms with Gasteiger partial charge in [0.25, 0.3) is 0 Å². The van der Waals surface area contributed by atoms with Crippen LogP contribution < -0.4 is 5.32 Å². The first kappa shape index (κ1) is 10.4. The lowest BCUT2D eigenvalue weighted by Gasteiger charge is -2.46. The molecule has 82 valence electrons. The first-order chi connectivity index (χ1) is 6.79. The van der Waals surface area contributed by atoms with Gasteiger partial charge < -0.3 is 5.32 Å². The van der Waals surface area contributed by atoms with Crippen molar-refractivity contribution in [2.45, 2.75) is 38.6 Å². The van der Waals surface area contributed by atoms with E-state index in [2.05, 4.69) is 24.2 Å². The summed E-state index contributed by atoms with van der Waals surface area (Å²) in [6.45, 7) is 6.30. The minimum absolute atomic E-state index is 0.915. The van der Waals surface area contributed by atoms with E-state index in [9.17, 15) is 0 Å². The van der Waals surface area contributed by atoms with E-state index in [4.69, 9.17) is 0 Å². The minimum atomic E-state index is 0.915. The average molecular weight is 196 g/mol. The van der Waals surface area contributed by atoms with Crippen molar-refractivity contribution in [2.75, 3.05) is 26.7 Å². The number of likely N-dealkylation sites (tertiary alicyclic amines) is 1. The summed E-state index contributed by atoms with van der Waals surface area (Å²) in [4.78, 5) is 2.70. The van der Waals surface area contributed by atoms with Crippen molar-refractivity contribution in [2.24, 2.45) is 11.8 Å². The summed E-state index contributed by atoms with van der Waals surface area (Å²) in [5, 5.41) is 3.32. The van der Waals surface area contributed by atoms with Crippen LogP contribution in [0.5, 0.6) is 0 Å². The Hall–Kier alpha value is -0.0800. The maximum atomic E-state index is 3.32. The number of nitrogens with one attached hydrogen (secondary N) is 1. The fourth-order valence-corrected chi connectivity index (χ4v) is 3.11. The summed E-state index contributed by atoms with van der Waals surface area (Å²) in [6, 6.07) is 0.915. The maximum Gasteiger partial charge on any atom is 0.00986 e. The zero-order chi connectivity index (χ0) is 9.97. The third-order valence-electron chi connectivity index (χ3n) is 3.86. The number of rotatable bonds is 3. The van der Waals surface area contributed by atoms with Crippen LogP contribution in [0, 0.1) is 11.8 Å². The van der Waals surface area contributed by atoms with Crippen molar-refractivity contribution in [1.82, 2.24) is 10.2 Å². The largest absolute Gasteiger partial charge is 0.319 e. The molecule has 0 radical (unpaired) electrons. The number of nitrogens with zero attached hydrogens (tertiary/aromatic N) is 1. The quantitative estimate of drug-likeness (QED) is 0.739.